The Hall–Kier alpha value is -2.51. The molecule has 3 aromatic rings. The highest BCUT2D eigenvalue weighted by molar-refractivity contribution is 7.99. The average Bonchev–Trinajstić information content (AvgIpc) is 3.16. The van der Waals surface area contributed by atoms with E-state index >= 15 is 0 Å². The second-order valence-corrected chi connectivity index (χ2v) is 7.18. The number of carbonyl (C=O) groups is 1. The third kappa shape index (κ3) is 5.02. The van der Waals surface area contributed by atoms with Crippen molar-refractivity contribution in [2.75, 3.05) is 12.9 Å². The summed E-state index contributed by atoms with van der Waals surface area (Å²) >= 11 is 7.32. The summed E-state index contributed by atoms with van der Waals surface area (Å²) in [6, 6.07) is 15.0. The second kappa shape index (κ2) is 8.92. The lowest BCUT2D eigenvalue weighted by atomic mass is 10.1. The topological polar surface area (TPSA) is 79.9 Å². The third-order valence-electron chi connectivity index (χ3n) is 3.89. The Morgan fingerprint density at radius 2 is 2.07 bits per heavy atom. The van der Waals surface area contributed by atoms with Crippen molar-refractivity contribution in [1.82, 2.24) is 20.5 Å². The van der Waals surface area contributed by atoms with E-state index in [2.05, 4.69) is 20.5 Å². The number of halogens is 1. The van der Waals surface area contributed by atoms with Crippen molar-refractivity contribution in [2.24, 2.45) is 0 Å². The lowest BCUT2D eigenvalue weighted by Gasteiger charge is -2.13. The Morgan fingerprint density at radius 1 is 1.30 bits per heavy atom. The fourth-order valence-corrected chi connectivity index (χ4v) is 3.32. The number of H-pyrrole nitrogens is 1. The number of carbonyl (C=O) groups excluding carboxylic acids is 1. The standard InChI is InChI=1S/C19H19ClN4O2S/c1-12(13-6-4-3-5-7-13)21-17(25)11-27-19-22-18(23-24-19)15-10-14(20)8-9-16(15)26-2/h3-10,12H,11H2,1-2H3,(H,21,25)(H,22,23,24). The van der Waals surface area contributed by atoms with Gasteiger partial charge in [-0.25, -0.2) is 4.98 Å². The van der Waals surface area contributed by atoms with Gasteiger partial charge in [0.1, 0.15) is 5.75 Å². The number of benzene rings is 2. The summed E-state index contributed by atoms with van der Waals surface area (Å²) in [4.78, 5) is 16.6. The smallest absolute Gasteiger partial charge is 0.230 e. The minimum absolute atomic E-state index is 0.0577. The van der Waals surface area contributed by atoms with Crippen LogP contribution in [0.5, 0.6) is 5.75 Å². The van der Waals surface area contributed by atoms with Gasteiger partial charge in [0.2, 0.25) is 11.1 Å². The van der Waals surface area contributed by atoms with Crippen LogP contribution in [0.15, 0.2) is 53.7 Å². The molecule has 1 unspecified atom stereocenters. The lowest BCUT2D eigenvalue weighted by Crippen LogP contribution is -2.28. The molecule has 27 heavy (non-hydrogen) atoms. The molecule has 3 rings (SSSR count). The quantitative estimate of drug-likeness (QED) is 0.581. The van der Waals surface area contributed by atoms with Crippen LogP contribution in [0.3, 0.4) is 0 Å². The first-order valence-corrected chi connectivity index (χ1v) is 9.66. The molecule has 1 aromatic heterocycles. The van der Waals surface area contributed by atoms with E-state index in [4.69, 9.17) is 16.3 Å². The first-order chi connectivity index (χ1) is 13.1. The number of aromatic amines is 1. The Balaban J connectivity index is 1.60. The predicted molar refractivity (Wildman–Crippen MR) is 107 cm³/mol. The fourth-order valence-electron chi connectivity index (χ4n) is 2.53. The van der Waals surface area contributed by atoms with E-state index in [0.717, 1.165) is 5.56 Å². The Labute approximate surface area is 166 Å². The Kier molecular flexibility index (Phi) is 6.36. The Bertz CT molecular complexity index is 917. The van der Waals surface area contributed by atoms with Gasteiger partial charge in [0.05, 0.1) is 24.5 Å². The van der Waals surface area contributed by atoms with Gasteiger partial charge in [0.15, 0.2) is 5.82 Å². The summed E-state index contributed by atoms with van der Waals surface area (Å²) in [7, 11) is 1.58. The van der Waals surface area contributed by atoms with Gasteiger partial charge in [-0.15, -0.1) is 5.10 Å². The SMILES string of the molecule is COc1ccc(Cl)cc1-c1nc(SCC(=O)NC(C)c2ccccc2)n[nH]1. The number of rotatable bonds is 7. The summed E-state index contributed by atoms with van der Waals surface area (Å²) in [5.41, 5.74) is 1.77. The monoisotopic (exact) mass is 402 g/mol. The number of hydrogen-bond donors (Lipinski definition) is 2. The number of aromatic nitrogens is 3. The van der Waals surface area contributed by atoms with Gasteiger partial charge < -0.3 is 10.1 Å². The van der Waals surface area contributed by atoms with Crippen LogP contribution in [-0.2, 0) is 4.79 Å². The first kappa shape index (κ1) is 19.3. The van der Waals surface area contributed by atoms with Crippen LogP contribution in [0.4, 0.5) is 0 Å². The van der Waals surface area contributed by atoms with Crippen molar-refractivity contribution in [3.05, 3.63) is 59.1 Å². The first-order valence-electron chi connectivity index (χ1n) is 8.30. The highest BCUT2D eigenvalue weighted by atomic mass is 35.5. The number of nitrogens with zero attached hydrogens (tertiary/aromatic N) is 2. The molecule has 0 radical (unpaired) electrons. The molecular formula is C19H19ClN4O2S. The van der Waals surface area contributed by atoms with Gasteiger partial charge in [0.25, 0.3) is 0 Å². The minimum Gasteiger partial charge on any atom is -0.496 e. The third-order valence-corrected chi connectivity index (χ3v) is 4.97. The zero-order valence-corrected chi connectivity index (χ0v) is 16.5. The van der Waals surface area contributed by atoms with Gasteiger partial charge >= 0.3 is 0 Å². The van der Waals surface area contributed by atoms with Crippen molar-refractivity contribution in [3.8, 4) is 17.1 Å². The van der Waals surface area contributed by atoms with Crippen LogP contribution >= 0.6 is 23.4 Å². The van der Waals surface area contributed by atoms with Gasteiger partial charge in [0, 0.05) is 5.02 Å². The van der Waals surface area contributed by atoms with E-state index in [1.807, 2.05) is 37.3 Å². The van der Waals surface area contributed by atoms with Crippen molar-refractivity contribution in [3.63, 3.8) is 0 Å². The van der Waals surface area contributed by atoms with Crippen LogP contribution in [0.25, 0.3) is 11.4 Å². The van der Waals surface area contributed by atoms with E-state index in [1.54, 1.807) is 25.3 Å². The van der Waals surface area contributed by atoms with Crippen LogP contribution in [0.1, 0.15) is 18.5 Å². The van der Waals surface area contributed by atoms with E-state index in [9.17, 15) is 4.79 Å². The molecule has 1 atom stereocenters. The molecule has 0 fully saturated rings. The summed E-state index contributed by atoms with van der Waals surface area (Å²) < 4.78 is 5.33. The number of thioether (sulfide) groups is 1. The number of ether oxygens (including phenoxy) is 1. The van der Waals surface area contributed by atoms with Crippen molar-refractivity contribution in [1.29, 1.82) is 0 Å². The molecule has 0 aliphatic carbocycles. The highest BCUT2D eigenvalue weighted by Gasteiger charge is 2.14. The molecule has 0 saturated heterocycles. The molecule has 0 bridgehead atoms. The van der Waals surface area contributed by atoms with Crippen LogP contribution in [0.2, 0.25) is 5.02 Å². The molecular weight excluding hydrogens is 384 g/mol. The predicted octanol–water partition coefficient (Wildman–Crippen LogP) is 4.10. The molecule has 0 aliphatic heterocycles. The zero-order valence-electron chi connectivity index (χ0n) is 14.9. The zero-order chi connectivity index (χ0) is 19.2. The van der Waals surface area contributed by atoms with Crippen molar-refractivity contribution in [2.45, 2.75) is 18.1 Å². The maximum Gasteiger partial charge on any atom is 0.230 e. The summed E-state index contributed by atoms with van der Waals surface area (Å²) in [6.07, 6.45) is 0. The number of nitrogens with one attached hydrogen (secondary N) is 2. The van der Waals surface area contributed by atoms with E-state index in [1.165, 1.54) is 11.8 Å². The molecule has 1 heterocycles. The van der Waals surface area contributed by atoms with Crippen LogP contribution in [0, 0.1) is 0 Å². The normalized spacial score (nSPS) is 11.8. The van der Waals surface area contributed by atoms with Crippen LogP contribution < -0.4 is 10.1 Å². The average molecular weight is 403 g/mol. The van der Waals surface area contributed by atoms with Gasteiger partial charge in [-0.2, -0.15) is 0 Å². The van der Waals surface area contributed by atoms with E-state index < -0.39 is 0 Å². The van der Waals surface area contributed by atoms with E-state index in [-0.39, 0.29) is 17.7 Å². The van der Waals surface area contributed by atoms with Crippen molar-refractivity contribution < 1.29 is 9.53 Å². The van der Waals surface area contributed by atoms with Crippen LogP contribution in [-0.4, -0.2) is 34.0 Å². The highest BCUT2D eigenvalue weighted by Crippen LogP contribution is 2.31. The summed E-state index contributed by atoms with van der Waals surface area (Å²) in [5.74, 6) is 1.32. The van der Waals surface area contributed by atoms with Gasteiger partial charge in [-0.05, 0) is 30.7 Å². The second-order valence-electron chi connectivity index (χ2n) is 5.80. The number of methoxy groups -OCH3 is 1. The minimum atomic E-state index is -0.0805. The molecule has 0 aliphatic rings. The molecule has 2 aromatic carbocycles. The maximum absolute atomic E-state index is 12.2. The molecule has 140 valence electrons. The van der Waals surface area contributed by atoms with E-state index in [0.29, 0.717) is 27.3 Å². The summed E-state index contributed by atoms with van der Waals surface area (Å²) in [6.45, 7) is 1.95. The van der Waals surface area contributed by atoms with Gasteiger partial charge in [-0.1, -0.05) is 53.7 Å². The largest absolute Gasteiger partial charge is 0.496 e. The molecule has 1 amide bonds. The maximum atomic E-state index is 12.2. The molecule has 8 heteroatoms. The fraction of sp³-hybridized carbons (Fsp3) is 0.211. The van der Waals surface area contributed by atoms with Crippen molar-refractivity contribution >= 4 is 29.3 Å². The Morgan fingerprint density at radius 3 is 2.81 bits per heavy atom. The van der Waals surface area contributed by atoms with Gasteiger partial charge in [-0.3, -0.25) is 9.89 Å². The lowest BCUT2D eigenvalue weighted by molar-refractivity contribution is -0.119. The number of amides is 1. The molecule has 2 N–H and O–H groups in total. The summed E-state index contributed by atoms with van der Waals surface area (Å²) in [5, 5.41) is 11.0. The molecule has 6 nitrogen and oxygen atoms in total. The number of hydrogen-bond acceptors (Lipinski definition) is 5. The molecule has 0 spiro atoms. The molecule has 0 saturated carbocycles.